The number of sulfone groups is 1. The SMILES string of the molecule is CN(C)S(=O)(=O)c1cccc(NC(=O)C2(S(C)(=O)=O)CCNCC2)c1.Cl. The van der Waals surface area contributed by atoms with Gasteiger partial charge < -0.3 is 10.6 Å². The van der Waals surface area contributed by atoms with E-state index in [9.17, 15) is 21.6 Å². The van der Waals surface area contributed by atoms with Gasteiger partial charge in [0.25, 0.3) is 0 Å². The van der Waals surface area contributed by atoms with Crippen LogP contribution in [0, 0.1) is 0 Å². The summed E-state index contributed by atoms with van der Waals surface area (Å²) in [6, 6.07) is 5.78. The Hall–Kier alpha value is -1.20. The Kier molecular flexibility index (Phi) is 7.22. The molecule has 0 atom stereocenters. The van der Waals surface area contributed by atoms with Gasteiger partial charge >= 0.3 is 0 Å². The van der Waals surface area contributed by atoms with Crippen LogP contribution in [0.3, 0.4) is 0 Å². The van der Waals surface area contributed by atoms with Crippen molar-refractivity contribution in [2.45, 2.75) is 22.5 Å². The fourth-order valence-corrected chi connectivity index (χ4v) is 5.07. The molecule has 1 saturated heterocycles. The van der Waals surface area contributed by atoms with Crippen LogP contribution in [0.1, 0.15) is 12.8 Å². The quantitative estimate of drug-likeness (QED) is 0.708. The summed E-state index contributed by atoms with van der Waals surface area (Å²) in [4.78, 5) is 12.8. The van der Waals surface area contributed by atoms with E-state index in [1.165, 1.54) is 38.4 Å². The molecule has 0 aromatic heterocycles. The normalized spacial score (nSPS) is 17.4. The zero-order chi connectivity index (χ0) is 18.9. The van der Waals surface area contributed by atoms with Gasteiger partial charge in [-0.3, -0.25) is 4.79 Å². The topological polar surface area (TPSA) is 113 Å². The molecule has 148 valence electrons. The Bertz CT molecular complexity index is 863. The first kappa shape index (κ1) is 22.8. The Balaban J connectivity index is 0.00000338. The van der Waals surface area contributed by atoms with Gasteiger partial charge in [0.05, 0.1) is 4.90 Å². The smallest absolute Gasteiger partial charge is 0.245 e. The molecular weight excluding hydrogens is 402 g/mol. The number of rotatable bonds is 5. The molecule has 1 aliphatic heterocycles. The van der Waals surface area contributed by atoms with Crippen molar-refractivity contribution in [3.63, 3.8) is 0 Å². The van der Waals surface area contributed by atoms with E-state index in [1.54, 1.807) is 0 Å². The van der Waals surface area contributed by atoms with Gasteiger partial charge in [0.1, 0.15) is 0 Å². The highest BCUT2D eigenvalue weighted by atomic mass is 35.5. The van der Waals surface area contributed by atoms with Gasteiger partial charge in [-0.1, -0.05) is 6.07 Å². The molecular formula is C15H24ClN3O5S2. The fraction of sp³-hybridized carbons (Fsp3) is 0.533. The summed E-state index contributed by atoms with van der Waals surface area (Å²) in [5.74, 6) is -0.629. The maximum atomic E-state index is 12.8. The third kappa shape index (κ3) is 4.37. The van der Waals surface area contributed by atoms with Crippen LogP contribution in [0.4, 0.5) is 5.69 Å². The standard InChI is InChI=1S/C15H23N3O5S2.ClH/c1-18(2)25(22,23)13-6-4-5-12(11-13)17-14(19)15(24(3,20)21)7-9-16-10-8-15;/h4-6,11,16H,7-10H2,1-3H3,(H,17,19);1H. The highest BCUT2D eigenvalue weighted by Crippen LogP contribution is 2.30. The van der Waals surface area contributed by atoms with Crippen LogP contribution in [-0.4, -0.2) is 65.2 Å². The van der Waals surface area contributed by atoms with E-state index in [2.05, 4.69) is 10.6 Å². The molecule has 1 aromatic carbocycles. The van der Waals surface area contributed by atoms with Gasteiger partial charge in [0.15, 0.2) is 14.6 Å². The Morgan fingerprint density at radius 3 is 2.23 bits per heavy atom. The number of anilines is 1. The summed E-state index contributed by atoms with van der Waals surface area (Å²) in [6.07, 6.45) is 1.41. The number of carbonyl (C=O) groups is 1. The summed E-state index contributed by atoms with van der Waals surface area (Å²) in [5.41, 5.74) is 0.245. The number of carbonyl (C=O) groups excluding carboxylic acids is 1. The molecule has 26 heavy (non-hydrogen) atoms. The van der Waals surface area contributed by atoms with Gasteiger partial charge in [0.2, 0.25) is 15.9 Å². The molecule has 1 amide bonds. The zero-order valence-electron chi connectivity index (χ0n) is 14.9. The second-order valence-corrected chi connectivity index (χ2v) is 10.8. The summed E-state index contributed by atoms with van der Waals surface area (Å²) in [7, 11) is -4.47. The van der Waals surface area contributed by atoms with E-state index in [4.69, 9.17) is 0 Å². The molecule has 1 fully saturated rings. The molecule has 0 saturated carbocycles. The van der Waals surface area contributed by atoms with Crippen LogP contribution >= 0.6 is 12.4 Å². The van der Waals surface area contributed by atoms with Crippen LogP contribution in [-0.2, 0) is 24.7 Å². The second-order valence-electron chi connectivity index (χ2n) is 6.29. The third-order valence-corrected chi connectivity index (χ3v) is 8.23. The van der Waals surface area contributed by atoms with Gasteiger partial charge in [-0.15, -0.1) is 12.4 Å². The average Bonchev–Trinajstić information content (AvgIpc) is 2.54. The molecule has 0 unspecified atom stereocenters. The largest absolute Gasteiger partial charge is 0.325 e. The second kappa shape index (κ2) is 8.22. The predicted molar refractivity (Wildman–Crippen MR) is 103 cm³/mol. The lowest BCUT2D eigenvalue weighted by atomic mass is 9.95. The number of hydrogen-bond acceptors (Lipinski definition) is 6. The van der Waals surface area contributed by atoms with Gasteiger partial charge in [-0.05, 0) is 44.1 Å². The minimum absolute atomic E-state index is 0. The highest BCUT2D eigenvalue weighted by molar-refractivity contribution is 7.93. The van der Waals surface area contributed by atoms with Crippen molar-refractivity contribution in [2.75, 3.05) is 38.8 Å². The monoisotopic (exact) mass is 425 g/mol. The molecule has 0 aliphatic carbocycles. The van der Waals surface area contributed by atoms with Crippen LogP contribution in [0.5, 0.6) is 0 Å². The number of nitrogens with zero attached hydrogens (tertiary/aromatic N) is 1. The minimum atomic E-state index is -3.65. The van der Waals surface area contributed by atoms with Crippen molar-refractivity contribution in [3.8, 4) is 0 Å². The third-order valence-electron chi connectivity index (χ3n) is 4.41. The molecule has 8 nitrogen and oxygen atoms in total. The van der Waals surface area contributed by atoms with Crippen LogP contribution < -0.4 is 10.6 Å². The number of nitrogens with one attached hydrogen (secondary N) is 2. The summed E-state index contributed by atoms with van der Waals surface area (Å²) < 4.78 is 48.5. The first-order valence-corrected chi connectivity index (χ1v) is 11.1. The van der Waals surface area contributed by atoms with Crippen LogP contribution in [0.25, 0.3) is 0 Å². The fourth-order valence-electron chi connectivity index (χ4n) is 2.79. The Labute approximate surface area is 160 Å². The molecule has 2 N–H and O–H groups in total. The number of piperidine rings is 1. The number of halogens is 1. The summed E-state index contributed by atoms with van der Waals surface area (Å²) >= 11 is 0. The molecule has 0 bridgehead atoms. The van der Waals surface area contributed by atoms with Gasteiger partial charge in [0, 0.05) is 26.0 Å². The summed E-state index contributed by atoms with van der Waals surface area (Å²) in [5, 5.41) is 5.62. The van der Waals surface area contributed by atoms with E-state index in [0.717, 1.165) is 10.6 Å². The van der Waals surface area contributed by atoms with Crippen molar-refractivity contribution in [1.82, 2.24) is 9.62 Å². The Morgan fingerprint density at radius 1 is 1.15 bits per heavy atom. The highest BCUT2D eigenvalue weighted by Gasteiger charge is 2.48. The lowest BCUT2D eigenvalue weighted by Crippen LogP contribution is -2.55. The molecule has 0 radical (unpaired) electrons. The Morgan fingerprint density at radius 2 is 1.73 bits per heavy atom. The van der Waals surface area contributed by atoms with Crippen LogP contribution in [0.2, 0.25) is 0 Å². The molecule has 1 aliphatic rings. The maximum Gasteiger partial charge on any atom is 0.245 e. The maximum absolute atomic E-state index is 12.8. The lowest BCUT2D eigenvalue weighted by molar-refractivity contribution is -0.119. The average molecular weight is 426 g/mol. The lowest BCUT2D eigenvalue weighted by Gasteiger charge is -2.34. The predicted octanol–water partition coefficient (Wildman–Crippen LogP) is 0.464. The first-order chi connectivity index (χ1) is 11.5. The van der Waals surface area contributed by atoms with Crippen molar-refractivity contribution in [2.24, 2.45) is 0 Å². The minimum Gasteiger partial charge on any atom is -0.325 e. The molecule has 1 aromatic rings. The van der Waals surface area contributed by atoms with E-state index in [-0.39, 0.29) is 35.8 Å². The van der Waals surface area contributed by atoms with E-state index < -0.39 is 30.5 Å². The summed E-state index contributed by atoms with van der Waals surface area (Å²) in [6.45, 7) is 0.852. The number of amides is 1. The van der Waals surface area contributed by atoms with Gasteiger partial charge in [-0.2, -0.15) is 0 Å². The van der Waals surface area contributed by atoms with Crippen molar-refractivity contribution < 1.29 is 21.6 Å². The molecule has 0 spiro atoms. The van der Waals surface area contributed by atoms with Crippen molar-refractivity contribution >= 4 is 43.9 Å². The zero-order valence-corrected chi connectivity index (χ0v) is 17.3. The van der Waals surface area contributed by atoms with E-state index >= 15 is 0 Å². The van der Waals surface area contributed by atoms with E-state index in [0.29, 0.717) is 13.1 Å². The van der Waals surface area contributed by atoms with Crippen molar-refractivity contribution in [3.05, 3.63) is 24.3 Å². The molecule has 11 heteroatoms. The first-order valence-electron chi connectivity index (χ1n) is 7.75. The number of benzene rings is 1. The number of hydrogen-bond donors (Lipinski definition) is 2. The van der Waals surface area contributed by atoms with Gasteiger partial charge in [-0.25, -0.2) is 21.1 Å². The molecule has 2 rings (SSSR count). The van der Waals surface area contributed by atoms with Crippen molar-refractivity contribution in [1.29, 1.82) is 0 Å². The van der Waals surface area contributed by atoms with E-state index in [1.807, 2.05) is 0 Å². The molecule has 1 heterocycles. The number of sulfonamides is 1. The van der Waals surface area contributed by atoms with Crippen LogP contribution in [0.15, 0.2) is 29.2 Å².